The largest absolute Gasteiger partial charge is 0.336 e. The Hall–Kier alpha value is -3.69. The van der Waals surface area contributed by atoms with E-state index in [1.54, 1.807) is 18.1 Å². The maximum absolute atomic E-state index is 14.9. The lowest BCUT2D eigenvalue weighted by atomic mass is 10.0. The van der Waals surface area contributed by atoms with Crippen molar-refractivity contribution in [2.24, 2.45) is 7.05 Å². The Balaban J connectivity index is 1.46. The highest BCUT2D eigenvalue weighted by atomic mass is 19.1. The predicted molar refractivity (Wildman–Crippen MR) is 119 cm³/mol. The van der Waals surface area contributed by atoms with Gasteiger partial charge in [0.1, 0.15) is 17.7 Å². The van der Waals surface area contributed by atoms with Crippen LogP contribution in [-0.4, -0.2) is 54.4 Å². The Morgan fingerprint density at radius 1 is 1.21 bits per heavy atom. The molecule has 0 spiro atoms. The van der Waals surface area contributed by atoms with Crippen molar-refractivity contribution in [1.29, 1.82) is 0 Å². The second-order valence-electron chi connectivity index (χ2n) is 8.49. The maximum Gasteiger partial charge on any atom is 0.245 e. The summed E-state index contributed by atoms with van der Waals surface area (Å²) in [6, 6.07) is 5.36. The van der Waals surface area contributed by atoms with Crippen LogP contribution in [0.25, 0.3) is 16.9 Å². The lowest BCUT2D eigenvalue weighted by Gasteiger charge is -2.10. The maximum atomic E-state index is 14.9. The van der Waals surface area contributed by atoms with E-state index in [9.17, 15) is 13.6 Å². The number of hydrogen-bond donors (Lipinski definition) is 0. The first-order valence-corrected chi connectivity index (χ1v) is 10.7. The van der Waals surface area contributed by atoms with Gasteiger partial charge in [0, 0.05) is 36.8 Å². The van der Waals surface area contributed by atoms with Gasteiger partial charge in [-0.25, -0.2) is 13.3 Å². The number of aromatic nitrogens is 6. The van der Waals surface area contributed by atoms with Crippen molar-refractivity contribution in [3.63, 3.8) is 0 Å². The van der Waals surface area contributed by atoms with Gasteiger partial charge in [0.15, 0.2) is 11.4 Å². The molecule has 0 saturated carbocycles. The molecule has 0 N–H and O–H groups in total. The second-order valence-corrected chi connectivity index (χ2v) is 8.49. The van der Waals surface area contributed by atoms with Crippen LogP contribution in [0.15, 0.2) is 30.6 Å². The van der Waals surface area contributed by atoms with Crippen LogP contribution in [-0.2, 0) is 13.5 Å². The number of hydrogen-bond acceptors (Lipinski definition) is 6. The van der Waals surface area contributed by atoms with Crippen LogP contribution in [0.3, 0.4) is 0 Å². The molecule has 8 nitrogen and oxygen atoms in total. The highest BCUT2D eigenvalue weighted by Gasteiger charge is 2.26. The monoisotopic (exact) mass is 451 g/mol. The molecule has 33 heavy (non-hydrogen) atoms. The molecule has 0 aromatic carbocycles. The Bertz CT molecular complexity index is 1360. The zero-order valence-corrected chi connectivity index (χ0v) is 18.6. The van der Waals surface area contributed by atoms with Gasteiger partial charge in [-0.05, 0) is 44.0 Å². The van der Waals surface area contributed by atoms with Gasteiger partial charge in [0.2, 0.25) is 5.95 Å². The highest BCUT2D eigenvalue weighted by Crippen LogP contribution is 2.25. The molecule has 5 rings (SSSR count). The van der Waals surface area contributed by atoms with E-state index < -0.39 is 12.0 Å². The molecule has 1 saturated heterocycles. The van der Waals surface area contributed by atoms with Crippen molar-refractivity contribution in [2.45, 2.75) is 32.9 Å². The molecule has 170 valence electrons. The van der Waals surface area contributed by atoms with Crippen molar-refractivity contribution < 1.29 is 13.6 Å². The third-order valence-electron chi connectivity index (χ3n) is 5.83. The van der Waals surface area contributed by atoms with E-state index in [1.165, 1.54) is 21.5 Å². The molecule has 1 fully saturated rings. The van der Waals surface area contributed by atoms with Gasteiger partial charge in [0.05, 0.1) is 24.6 Å². The number of ketones is 1. The van der Waals surface area contributed by atoms with Crippen molar-refractivity contribution >= 4 is 17.4 Å². The molecular weight excluding hydrogens is 428 g/mol. The number of rotatable bonds is 5. The molecule has 0 aliphatic carbocycles. The topological polar surface area (TPSA) is 81.2 Å². The van der Waals surface area contributed by atoms with Crippen LogP contribution in [0.2, 0.25) is 0 Å². The van der Waals surface area contributed by atoms with Crippen LogP contribution in [0.4, 0.5) is 14.7 Å². The quantitative estimate of drug-likeness (QED) is 0.434. The van der Waals surface area contributed by atoms with E-state index in [-0.39, 0.29) is 24.3 Å². The van der Waals surface area contributed by atoms with E-state index >= 15 is 0 Å². The Kier molecular flexibility index (Phi) is 5.15. The normalized spacial score (nSPS) is 16.2. The zero-order valence-electron chi connectivity index (χ0n) is 18.6. The zero-order chi connectivity index (χ0) is 23.3. The number of alkyl halides is 1. The fraction of sp³-hybridized carbons (Fsp3) is 0.348. The van der Waals surface area contributed by atoms with Gasteiger partial charge < -0.3 is 4.90 Å². The van der Waals surface area contributed by atoms with Gasteiger partial charge in [-0.15, -0.1) is 5.10 Å². The predicted octanol–water partition coefficient (Wildman–Crippen LogP) is 3.25. The highest BCUT2D eigenvalue weighted by molar-refractivity contribution is 6.01. The summed E-state index contributed by atoms with van der Waals surface area (Å²) >= 11 is 0. The van der Waals surface area contributed by atoms with Crippen LogP contribution in [0, 0.1) is 19.7 Å². The number of fused-ring (bicyclic) bond motifs is 1. The molecule has 4 aromatic rings. The third kappa shape index (κ3) is 3.96. The van der Waals surface area contributed by atoms with Crippen LogP contribution in [0.1, 0.15) is 33.7 Å². The number of halogens is 2. The molecule has 0 unspecified atom stereocenters. The number of nitrogens with zero attached hydrogens (tertiary/aromatic N) is 7. The Morgan fingerprint density at radius 3 is 2.76 bits per heavy atom. The van der Waals surface area contributed by atoms with Crippen molar-refractivity contribution in [2.75, 3.05) is 18.0 Å². The van der Waals surface area contributed by atoms with E-state index in [2.05, 4.69) is 20.2 Å². The number of carbonyl (C=O) groups is 1. The molecule has 0 bridgehead atoms. The molecule has 10 heteroatoms. The van der Waals surface area contributed by atoms with Gasteiger partial charge in [0.25, 0.3) is 0 Å². The molecule has 0 amide bonds. The average molecular weight is 451 g/mol. The van der Waals surface area contributed by atoms with E-state index in [0.717, 1.165) is 11.3 Å². The van der Waals surface area contributed by atoms with Gasteiger partial charge in [-0.3, -0.25) is 14.5 Å². The van der Waals surface area contributed by atoms with Crippen molar-refractivity contribution in [3.05, 3.63) is 58.9 Å². The first kappa shape index (κ1) is 21.2. The minimum atomic E-state index is -0.915. The standard InChI is InChI=1S/C23H23F2N7O/c1-13-6-14(2)27-19(7-13)17-10-26-30(3)22(17)20(33)8-15-9-21-28-23(29-32(21)12-18(15)25)31-5-4-16(24)11-31/h6-7,9-10,12,16H,4-5,8,11H2,1-3H3/t16-/m0/s1. The number of aryl methyl sites for hydroxylation is 3. The summed E-state index contributed by atoms with van der Waals surface area (Å²) in [6.45, 7) is 4.59. The number of carbonyl (C=O) groups excluding carboxylic acids is 1. The number of pyridine rings is 2. The summed E-state index contributed by atoms with van der Waals surface area (Å²) in [7, 11) is 1.68. The first-order chi connectivity index (χ1) is 15.8. The van der Waals surface area contributed by atoms with Gasteiger partial charge in [-0.1, -0.05) is 0 Å². The molecule has 1 aliphatic rings. The van der Waals surface area contributed by atoms with Crippen LogP contribution >= 0.6 is 0 Å². The molecular formula is C23H23F2N7O. The first-order valence-electron chi connectivity index (χ1n) is 10.7. The average Bonchev–Trinajstić information content (AvgIpc) is 3.45. The number of anilines is 1. The summed E-state index contributed by atoms with van der Waals surface area (Å²) in [5.41, 5.74) is 4.09. The molecule has 4 aromatic heterocycles. The SMILES string of the molecule is Cc1cc(C)nc(-c2cnn(C)c2C(=O)Cc2cc3nc(N4CC[C@H](F)C4)nn3cc2F)c1. The fourth-order valence-electron chi connectivity index (χ4n) is 4.29. The lowest BCUT2D eigenvalue weighted by molar-refractivity contribution is 0.0983. The Morgan fingerprint density at radius 2 is 2.03 bits per heavy atom. The third-order valence-corrected chi connectivity index (χ3v) is 5.83. The summed E-state index contributed by atoms with van der Waals surface area (Å²) in [6.07, 6.45) is 2.14. The van der Waals surface area contributed by atoms with Crippen LogP contribution < -0.4 is 4.90 Å². The van der Waals surface area contributed by atoms with Crippen molar-refractivity contribution in [1.82, 2.24) is 29.4 Å². The summed E-state index contributed by atoms with van der Waals surface area (Å²) < 4.78 is 31.2. The summed E-state index contributed by atoms with van der Waals surface area (Å²) in [5.74, 6) is -0.494. The smallest absolute Gasteiger partial charge is 0.245 e. The summed E-state index contributed by atoms with van der Waals surface area (Å²) in [5, 5.41) is 8.50. The lowest BCUT2D eigenvalue weighted by Crippen LogP contribution is -2.21. The van der Waals surface area contributed by atoms with E-state index in [0.29, 0.717) is 41.5 Å². The minimum Gasteiger partial charge on any atom is -0.336 e. The van der Waals surface area contributed by atoms with Gasteiger partial charge >= 0.3 is 0 Å². The van der Waals surface area contributed by atoms with Crippen LogP contribution in [0.5, 0.6) is 0 Å². The summed E-state index contributed by atoms with van der Waals surface area (Å²) in [4.78, 5) is 23.9. The number of Topliss-reactive ketones (excluding diaryl/α,β-unsaturated/α-hetero) is 1. The van der Waals surface area contributed by atoms with Crippen molar-refractivity contribution in [3.8, 4) is 11.3 Å². The second kappa shape index (κ2) is 8.02. The molecule has 1 aliphatic heterocycles. The fourth-order valence-corrected chi connectivity index (χ4v) is 4.29. The van der Waals surface area contributed by atoms with E-state index in [1.807, 2.05) is 26.0 Å². The molecule has 1 atom stereocenters. The molecule has 5 heterocycles. The van der Waals surface area contributed by atoms with E-state index in [4.69, 9.17) is 0 Å². The minimum absolute atomic E-state index is 0.169. The Labute approximate surface area is 188 Å². The molecule has 0 radical (unpaired) electrons. The van der Waals surface area contributed by atoms with Gasteiger partial charge in [-0.2, -0.15) is 10.1 Å².